The first kappa shape index (κ1) is 29.4. The molecule has 3 aliphatic rings. The molecule has 0 spiro atoms. The first-order valence-electron chi connectivity index (χ1n) is 17.1. The van der Waals surface area contributed by atoms with Gasteiger partial charge in [0.25, 0.3) is 0 Å². The summed E-state index contributed by atoms with van der Waals surface area (Å²) in [5.74, 6) is 1.30. The van der Waals surface area contributed by atoms with E-state index in [9.17, 15) is 0 Å². The van der Waals surface area contributed by atoms with Gasteiger partial charge >= 0.3 is 0 Å². The van der Waals surface area contributed by atoms with E-state index in [4.69, 9.17) is 5.73 Å². The van der Waals surface area contributed by atoms with Gasteiger partial charge in [-0.15, -0.1) is 0 Å². The molecule has 47 heavy (non-hydrogen) atoms. The molecule has 5 aromatic rings. The van der Waals surface area contributed by atoms with E-state index in [0.717, 1.165) is 23.9 Å². The van der Waals surface area contributed by atoms with Crippen LogP contribution >= 0.6 is 0 Å². The topological polar surface area (TPSA) is 43.0 Å². The average Bonchev–Trinajstić information content (AvgIpc) is 3.49. The Morgan fingerprint density at radius 1 is 0.957 bits per heavy atom. The standard InChI is InChI=1S/C44H43N3/c1-5-12-33-28(3)42-37(41-27(2)13-9-17-34(33)41)26-40-35(20-22-47(40)39-19-11-21-46-29(39)4)44(42)36-18-10-16-32-24-31(25-38(45)43(32)36)23-30-14-7-6-8-15-30/h5-12,14-22,24-27,29,34,41,46H,13,23,45H2,1-4H3/b12-5-. The molecule has 0 bridgehead atoms. The quantitative estimate of drug-likeness (QED) is 0.153. The summed E-state index contributed by atoms with van der Waals surface area (Å²) in [6.45, 7) is 9.16. The first-order valence-corrected chi connectivity index (χ1v) is 17.1. The van der Waals surface area contributed by atoms with Gasteiger partial charge in [-0.1, -0.05) is 85.8 Å². The number of nitrogens with one attached hydrogen (secondary N) is 1. The van der Waals surface area contributed by atoms with E-state index in [-0.39, 0.29) is 6.04 Å². The van der Waals surface area contributed by atoms with Crippen LogP contribution in [0, 0.1) is 11.8 Å². The third-order valence-corrected chi connectivity index (χ3v) is 10.8. The Labute approximate surface area is 278 Å². The number of fused-ring (bicyclic) bond motifs is 5. The summed E-state index contributed by atoms with van der Waals surface area (Å²) < 4.78 is 2.41. The number of dihydropyridines is 1. The lowest BCUT2D eigenvalue weighted by Crippen LogP contribution is -2.28. The number of aromatic nitrogens is 1. The molecule has 3 nitrogen and oxygen atoms in total. The SMILES string of the molecule is C/C=C\C1=C(C)c2c(cc3c(ccn3C3=CC=CNC3C)c2-c2cccc3cc(Cc4ccccc4)cc(N)c23)C2C(C)CC=CC12. The van der Waals surface area contributed by atoms with Gasteiger partial charge in [0.05, 0.1) is 11.6 Å². The van der Waals surface area contributed by atoms with E-state index in [1.807, 2.05) is 6.20 Å². The molecule has 3 heteroatoms. The smallest absolute Gasteiger partial charge is 0.0635 e. The predicted molar refractivity (Wildman–Crippen MR) is 201 cm³/mol. The fourth-order valence-electron chi connectivity index (χ4n) is 8.67. The molecule has 0 amide bonds. The lowest BCUT2D eigenvalue weighted by molar-refractivity contribution is 0.385. The van der Waals surface area contributed by atoms with Crippen LogP contribution in [0.4, 0.5) is 5.69 Å². The van der Waals surface area contributed by atoms with Crippen LogP contribution in [-0.4, -0.2) is 10.6 Å². The Kier molecular flexibility index (Phi) is 7.28. The summed E-state index contributed by atoms with van der Waals surface area (Å²) in [6, 6.07) is 27.0. The molecule has 0 radical (unpaired) electrons. The number of nitrogens with zero attached hydrogens (tertiary/aromatic N) is 1. The number of allylic oxidation sites excluding steroid dienone is 8. The molecule has 2 aliphatic carbocycles. The van der Waals surface area contributed by atoms with E-state index in [1.165, 1.54) is 66.5 Å². The molecule has 4 aromatic carbocycles. The average molecular weight is 614 g/mol. The Hall–Kier alpha value is -5.02. The van der Waals surface area contributed by atoms with Gasteiger partial charge in [0, 0.05) is 34.3 Å². The lowest BCUT2D eigenvalue weighted by atomic mass is 9.63. The Balaban J connectivity index is 1.45. The molecule has 234 valence electrons. The summed E-state index contributed by atoms with van der Waals surface area (Å²) in [5, 5.41) is 7.11. The lowest BCUT2D eigenvalue weighted by Gasteiger charge is -2.41. The fraction of sp³-hybridized carbons (Fsp3) is 0.227. The third-order valence-electron chi connectivity index (χ3n) is 10.8. The molecule has 0 saturated carbocycles. The minimum Gasteiger partial charge on any atom is -0.398 e. The Bertz CT molecular complexity index is 2190. The summed E-state index contributed by atoms with van der Waals surface area (Å²) >= 11 is 0. The van der Waals surface area contributed by atoms with Crippen LogP contribution in [0.25, 0.3) is 44.1 Å². The maximum atomic E-state index is 7.08. The molecule has 3 N–H and O–H groups in total. The van der Waals surface area contributed by atoms with Crippen molar-refractivity contribution in [2.24, 2.45) is 11.8 Å². The van der Waals surface area contributed by atoms with E-state index < -0.39 is 0 Å². The largest absolute Gasteiger partial charge is 0.398 e. The van der Waals surface area contributed by atoms with Crippen molar-refractivity contribution in [1.82, 2.24) is 9.88 Å². The minimum atomic E-state index is 0.207. The van der Waals surface area contributed by atoms with Crippen molar-refractivity contribution in [3.05, 3.63) is 149 Å². The highest BCUT2D eigenvalue weighted by molar-refractivity contribution is 6.13. The maximum absolute atomic E-state index is 7.08. The highest BCUT2D eigenvalue weighted by Crippen LogP contribution is 2.55. The number of nitrogen functional groups attached to an aromatic ring is 1. The molecule has 1 aromatic heterocycles. The molecular weight excluding hydrogens is 571 g/mol. The zero-order valence-electron chi connectivity index (χ0n) is 27.8. The van der Waals surface area contributed by atoms with Crippen molar-refractivity contribution >= 4 is 38.6 Å². The van der Waals surface area contributed by atoms with Crippen LogP contribution < -0.4 is 11.1 Å². The van der Waals surface area contributed by atoms with Crippen molar-refractivity contribution in [3.63, 3.8) is 0 Å². The summed E-state index contributed by atoms with van der Waals surface area (Å²) in [5.41, 5.74) is 21.1. The van der Waals surface area contributed by atoms with Crippen molar-refractivity contribution in [1.29, 1.82) is 0 Å². The first-order chi connectivity index (χ1) is 22.9. The molecule has 8 rings (SSSR count). The molecule has 0 saturated heterocycles. The van der Waals surface area contributed by atoms with Gasteiger partial charge in [-0.2, -0.15) is 0 Å². The van der Waals surface area contributed by atoms with Gasteiger partial charge in [0.15, 0.2) is 0 Å². The van der Waals surface area contributed by atoms with E-state index in [1.54, 1.807) is 0 Å². The van der Waals surface area contributed by atoms with Crippen molar-refractivity contribution in [3.8, 4) is 11.1 Å². The van der Waals surface area contributed by atoms with E-state index in [0.29, 0.717) is 17.8 Å². The van der Waals surface area contributed by atoms with Crippen LogP contribution in [0.3, 0.4) is 0 Å². The zero-order valence-corrected chi connectivity index (χ0v) is 27.8. The predicted octanol–water partition coefficient (Wildman–Crippen LogP) is 10.6. The number of hydrogen-bond donors (Lipinski definition) is 2. The molecule has 2 heterocycles. The molecule has 0 fully saturated rings. The van der Waals surface area contributed by atoms with Crippen LogP contribution in [0.15, 0.2) is 127 Å². The summed E-state index contributed by atoms with van der Waals surface area (Å²) in [4.78, 5) is 0. The highest BCUT2D eigenvalue weighted by Gasteiger charge is 2.39. The number of rotatable bonds is 5. The number of hydrogen-bond acceptors (Lipinski definition) is 2. The normalized spacial score (nSPS) is 22.1. The number of anilines is 1. The van der Waals surface area contributed by atoms with E-state index in [2.05, 4.69) is 153 Å². The minimum absolute atomic E-state index is 0.207. The second-order valence-electron chi connectivity index (χ2n) is 13.7. The van der Waals surface area contributed by atoms with Gasteiger partial charge < -0.3 is 15.6 Å². The van der Waals surface area contributed by atoms with Gasteiger partial charge in [-0.25, -0.2) is 0 Å². The van der Waals surface area contributed by atoms with Crippen molar-refractivity contribution in [2.45, 2.75) is 52.5 Å². The third kappa shape index (κ3) is 4.79. The number of benzene rings is 4. The van der Waals surface area contributed by atoms with Gasteiger partial charge in [-0.3, -0.25) is 0 Å². The zero-order chi connectivity index (χ0) is 32.2. The van der Waals surface area contributed by atoms with Crippen LogP contribution in [0.5, 0.6) is 0 Å². The van der Waals surface area contributed by atoms with Crippen LogP contribution in [-0.2, 0) is 6.42 Å². The number of nitrogens with two attached hydrogens (primary N) is 1. The van der Waals surface area contributed by atoms with Crippen molar-refractivity contribution < 1.29 is 0 Å². The summed E-state index contributed by atoms with van der Waals surface area (Å²) in [7, 11) is 0. The molecular formula is C44H43N3. The Morgan fingerprint density at radius 2 is 1.81 bits per heavy atom. The monoisotopic (exact) mass is 613 g/mol. The molecule has 4 unspecified atom stereocenters. The maximum Gasteiger partial charge on any atom is 0.0635 e. The fourth-order valence-corrected chi connectivity index (χ4v) is 8.67. The van der Waals surface area contributed by atoms with Gasteiger partial charge in [-0.05, 0) is 132 Å². The second-order valence-corrected chi connectivity index (χ2v) is 13.7. The van der Waals surface area contributed by atoms with Gasteiger partial charge in [0.1, 0.15) is 0 Å². The second kappa shape index (κ2) is 11.7. The molecule has 1 aliphatic heterocycles. The van der Waals surface area contributed by atoms with E-state index >= 15 is 0 Å². The van der Waals surface area contributed by atoms with Gasteiger partial charge in [0.2, 0.25) is 0 Å². The van der Waals surface area contributed by atoms with Crippen molar-refractivity contribution in [2.75, 3.05) is 5.73 Å². The highest BCUT2D eigenvalue weighted by atomic mass is 15.0. The van der Waals surface area contributed by atoms with Crippen LogP contribution in [0.1, 0.15) is 62.3 Å². The van der Waals surface area contributed by atoms with Crippen LogP contribution in [0.2, 0.25) is 0 Å². The Morgan fingerprint density at radius 3 is 2.62 bits per heavy atom. The summed E-state index contributed by atoms with van der Waals surface area (Å²) in [6.07, 6.45) is 20.1. The molecule has 4 atom stereocenters.